The Hall–Kier alpha value is -0.650. The van der Waals surface area contributed by atoms with E-state index in [1.54, 1.807) is 19.1 Å². The average molecular weight is 265 g/mol. The average Bonchev–Trinajstić information content (AvgIpc) is 2.45. The maximum Gasteiger partial charge on any atom is 0.271 e. The van der Waals surface area contributed by atoms with Gasteiger partial charge < -0.3 is 0 Å². The molecule has 2 rings (SSSR count). The van der Waals surface area contributed by atoms with Crippen LogP contribution in [-0.4, -0.2) is 8.42 Å². The highest BCUT2D eigenvalue weighted by atomic mass is 35.7. The minimum absolute atomic E-state index is 0.0178. The normalized spacial score (nSPS) is 12.2. The highest BCUT2D eigenvalue weighted by Crippen LogP contribution is 2.36. The summed E-state index contributed by atoms with van der Waals surface area (Å²) >= 11 is 0.863. The molecule has 0 bridgehead atoms. The van der Waals surface area contributed by atoms with Crippen molar-refractivity contribution in [2.75, 3.05) is 0 Å². The van der Waals surface area contributed by atoms with Gasteiger partial charge >= 0.3 is 0 Å². The van der Waals surface area contributed by atoms with E-state index in [9.17, 15) is 12.8 Å². The molecule has 1 heterocycles. The van der Waals surface area contributed by atoms with Crippen LogP contribution in [0.4, 0.5) is 4.39 Å². The molecule has 0 amide bonds. The first-order valence-corrected chi connectivity index (χ1v) is 7.16. The van der Waals surface area contributed by atoms with Crippen LogP contribution in [0, 0.1) is 12.7 Å². The number of benzene rings is 1. The summed E-state index contributed by atoms with van der Waals surface area (Å²) in [5.74, 6) is -0.424. The number of halogens is 2. The molecule has 0 saturated carbocycles. The van der Waals surface area contributed by atoms with E-state index < -0.39 is 14.9 Å². The van der Waals surface area contributed by atoms with Crippen LogP contribution in [0.25, 0.3) is 10.1 Å². The first-order chi connectivity index (χ1) is 6.91. The predicted molar refractivity (Wildman–Crippen MR) is 59.6 cm³/mol. The molecule has 1 aromatic heterocycles. The Labute approximate surface area is 94.7 Å². The van der Waals surface area contributed by atoms with Crippen molar-refractivity contribution in [1.29, 1.82) is 0 Å². The van der Waals surface area contributed by atoms with Crippen LogP contribution in [-0.2, 0) is 9.05 Å². The van der Waals surface area contributed by atoms with Crippen molar-refractivity contribution in [3.8, 4) is 0 Å². The quantitative estimate of drug-likeness (QED) is 0.741. The van der Waals surface area contributed by atoms with Crippen molar-refractivity contribution < 1.29 is 12.8 Å². The number of thiophene rings is 1. The predicted octanol–water partition coefficient (Wildman–Crippen LogP) is 3.28. The zero-order chi connectivity index (χ0) is 11.2. The van der Waals surface area contributed by atoms with Crippen molar-refractivity contribution in [3.63, 3.8) is 0 Å². The number of hydrogen-bond donors (Lipinski definition) is 0. The largest absolute Gasteiger partial charge is 0.271 e. The molecular formula is C9H6ClFO2S2. The number of rotatable bonds is 1. The molecule has 6 heteroatoms. The van der Waals surface area contributed by atoms with Gasteiger partial charge in [-0.3, -0.25) is 0 Å². The van der Waals surface area contributed by atoms with Crippen LogP contribution < -0.4 is 0 Å². The lowest BCUT2D eigenvalue weighted by molar-refractivity contribution is 0.611. The van der Waals surface area contributed by atoms with E-state index in [1.165, 1.54) is 6.07 Å². The first-order valence-electron chi connectivity index (χ1n) is 4.03. The van der Waals surface area contributed by atoms with E-state index in [4.69, 9.17) is 10.7 Å². The highest BCUT2D eigenvalue weighted by molar-refractivity contribution is 8.15. The van der Waals surface area contributed by atoms with Crippen LogP contribution >= 0.6 is 22.0 Å². The molecule has 0 aliphatic carbocycles. The van der Waals surface area contributed by atoms with Gasteiger partial charge in [-0.2, -0.15) is 0 Å². The Morgan fingerprint density at radius 1 is 1.40 bits per heavy atom. The lowest BCUT2D eigenvalue weighted by atomic mass is 10.2. The minimum atomic E-state index is -3.79. The molecule has 0 fully saturated rings. The lowest BCUT2D eigenvalue weighted by Gasteiger charge is -1.92. The topological polar surface area (TPSA) is 34.1 Å². The standard InChI is InChI=1S/C9H6ClFO2S2/c1-5-6-3-2-4-7(11)8(6)14-9(5)15(10,12)13/h2-4H,1H3. The first kappa shape index (κ1) is 10.9. The maximum absolute atomic E-state index is 13.3. The maximum atomic E-state index is 13.3. The summed E-state index contributed by atoms with van der Waals surface area (Å²) in [6, 6.07) is 4.51. The van der Waals surface area contributed by atoms with E-state index in [0.29, 0.717) is 15.6 Å². The Kier molecular flexibility index (Phi) is 2.48. The van der Waals surface area contributed by atoms with Crippen molar-refractivity contribution in [2.45, 2.75) is 11.1 Å². The van der Waals surface area contributed by atoms with Crippen LogP contribution in [0.5, 0.6) is 0 Å². The summed E-state index contributed by atoms with van der Waals surface area (Å²) in [6.45, 7) is 1.62. The molecular weight excluding hydrogens is 259 g/mol. The molecule has 80 valence electrons. The van der Waals surface area contributed by atoms with Gasteiger partial charge in [0, 0.05) is 10.7 Å². The SMILES string of the molecule is Cc1c(S(=O)(=O)Cl)sc2c(F)cccc12. The van der Waals surface area contributed by atoms with Gasteiger partial charge in [-0.15, -0.1) is 11.3 Å². The van der Waals surface area contributed by atoms with Gasteiger partial charge in [0.2, 0.25) is 0 Å². The molecule has 2 nitrogen and oxygen atoms in total. The molecule has 0 spiro atoms. The van der Waals surface area contributed by atoms with E-state index in [2.05, 4.69) is 0 Å². The fraction of sp³-hybridized carbons (Fsp3) is 0.111. The summed E-state index contributed by atoms with van der Waals surface area (Å²) in [7, 11) is 1.46. The van der Waals surface area contributed by atoms with Gasteiger partial charge in [0.15, 0.2) is 0 Å². The summed E-state index contributed by atoms with van der Waals surface area (Å²) in [5.41, 5.74) is 0.504. The Balaban J connectivity index is 2.93. The van der Waals surface area contributed by atoms with Crippen LogP contribution in [0.2, 0.25) is 0 Å². The van der Waals surface area contributed by atoms with E-state index in [0.717, 1.165) is 11.3 Å². The second kappa shape index (κ2) is 3.43. The van der Waals surface area contributed by atoms with Gasteiger partial charge in [-0.05, 0) is 23.9 Å². The van der Waals surface area contributed by atoms with Crippen LogP contribution in [0.3, 0.4) is 0 Å². The van der Waals surface area contributed by atoms with E-state index >= 15 is 0 Å². The van der Waals surface area contributed by atoms with Crippen molar-refractivity contribution in [2.24, 2.45) is 0 Å². The Morgan fingerprint density at radius 3 is 2.60 bits per heavy atom. The van der Waals surface area contributed by atoms with Crippen molar-refractivity contribution >= 4 is 41.2 Å². The third-order valence-corrected chi connectivity index (χ3v) is 5.60. The van der Waals surface area contributed by atoms with Crippen LogP contribution in [0.1, 0.15) is 5.56 Å². The Morgan fingerprint density at radius 2 is 2.07 bits per heavy atom. The van der Waals surface area contributed by atoms with Crippen molar-refractivity contribution in [1.82, 2.24) is 0 Å². The number of hydrogen-bond acceptors (Lipinski definition) is 3. The zero-order valence-electron chi connectivity index (χ0n) is 7.62. The summed E-state index contributed by atoms with van der Waals surface area (Å²) in [4.78, 5) is 0. The third-order valence-electron chi connectivity index (χ3n) is 2.09. The lowest BCUT2D eigenvalue weighted by Crippen LogP contribution is -1.87. The minimum Gasteiger partial charge on any atom is -0.206 e. The van der Waals surface area contributed by atoms with Gasteiger partial charge in [-0.25, -0.2) is 12.8 Å². The number of aryl methyl sites for hydroxylation is 1. The number of fused-ring (bicyclic) bond motifs is 1. The van der Waals surface area contributed by atoms with Crippen LogP contribution in [0.15, 0.2) is 22.4 Å². The molecule has 0 atom stereocenters. The van der Waals surface area contributed by atoms with Gasteiger partial charge in [0.25, 0.3) is 9.05 Å². The molecule has 0 N–H and O–H groups in total. The molecule has 2 aromatic rings. The highest BCUT2D eigenvalue weighted by Gasteiger charge is 2.20. The fourth-order valence-corrected chi connectivity index (χ4v) is 4.12. The van der Waals surface area contributed by atoms with Gasteiger partial charge in [0.05, 0.1) is 4.70 Å². The second-order valence-corrected chi connectivity index (χ2v) is 6.85. The van der Waals surface area contributed by atoms with Crippen molar-refractivity contribution in [3.05, 3.63) is 29.6 Å². The second-order valence-electron chi connectivity index (χ2n) is 3.07. The zero-order valence-corrected chi connectivity index (χ0v) is 10.0. The summed E-state index contributed by atoms with van der Waals surface area (Å²) < 4.78 is 36.1. The van der Waals surface area contributed by atoms with Gasteiger partial charge in [-0.1, -0.05) is 12.1 Å². The molecule has 0 radical (unpaired) electrons. The third kappa shape index (κ3) is 1.75. The summed E-state index contributed by atoms with van der Waals surface area (Å²) in [5, 5.41) is 0.597. The molecule has 0 aliphatic rings. The molecule has 15 heavy (non-hydrogen) atoms. The monoisotopic (exact) mass is 264 g/mol. The van der Waals surface area contributed by atoms with E-state index in [1.807, 2.05) is 0 Å². The summed E-state index contributed by atoms with van der Waals surface area (Å²) in [6.07, 6.45) is 0. The smallest absolute Gasteiger partial charge is 0.206 e. The molecule has 1 aromatic carbocycles. The molecule has 0 unspecified atom stereocenters. The molecule has 0 saturated heterocycles. The van der Waals surface area contributed by atoms with E-state index in [-0.39, 0.29) is 4.21 Å². The Bertz CT molecular complexity index is 631. The van der Waals surface area contributed by atoms with Gasteiger partial charge in [0.1, 0.15) is 10.0 Å². The molecule has 0 aliphatic heterocycles. The fourth-order valence-electron chi connectivity index (χ4n) is 1.42.